The van der Waals surface area contributed by atoms with E-state index in [-0.39, 0.29) is 0 Å². The Bertz CT molecular complexity index is 99.9. The van der Waals surface area contributed by atoms with E-state index in [0.717, 1.165) is 0 Å². The van der Waals surface area contributed by atoms with Crippen molar-refractivity contribution in [3.8, 4) is 0 Å². The molecular formula is C6H18MgNSi2. The Kier molecular flexibility index (Phi) is 3.64. The first kappa shape index (κ1) is 11.2. The molecule has 0 rings (SSSR count). The molecule has 4 heteroatoms. The molecule has 0 bridgehead atoms. The molecule has 0 aliphatic rings. The molecule has 57 valence electrons. The van der Waals surface area contributed by atoms with Gasteiger partial charge in [0.05, 0.1) is 16.5 Å². The second kappa shape index (κ2) is 3.26. The number of nitrogens with zero attached hydrogens (tertiary/aromatic N) is 1. The topological polar surface area (TPSA) is 3.24 Å². The summed E-state index contributed by atoms with van der Waals surface area (Å²) in [7, 11) is -1.98. The minimum Gasteiger partial charge on any atom is -0.509 e. The maximum Gasteiger partial charge on any atom is 0.327 e. The van der Waals surface area contributed by atoms with Gasteiger partial charge in [-0.15, -0.1) is 0 Å². The average molecular weight is 185 g/mol. The summed E-state index contributed by atoms with van der Waals surface area (Å²) in [5.74, 6) is 0. The Labute approximate surface area is 80.1 Å². The standard InChI is InChI=1S/C6H18NSi2.Mg/c1-8(2,3)7-9(4,5)6;/h1-6H3;/q-1;+1. The van der Waals surface area contributed by atoms with Crippen LogP contribution in [0, 0.1) is 0 Å². The molecule has 0 aliphatic carbocycles. The third kappa shape index (κ3) is 3.52. The summed E-state index contributed by atoms with van der Waals surface area (Å²) in [5.41, 5.74) is 0. The van der Waals surface area contributed by atoms with Gasteiger partial charge in [0.25, 0.3) is 0 Å². The van der Waals surface area contributed by atoms with Crippen molar-refractivity contribution >= 4 is 38.4 Å². The summed E-state index contributed by atoms with van der Waals surface area (Å²) >= 11 is 2.08. The lowest BCUT2D eigenvalue weighted by Crippen LogP contribution is -2.57. The van der Waals surface area contributed by atoms with Crippen molar-refractivity contribution in [2.75, 3.05) is 0 Å². The first-order valence-electron chi connectivity index (χ1n) is 3.76. The first-order chi connectivity index (χ1) is 4.15. The molecule has 1 radical (unpaired) electrons. The molecule has 0 spiro atoms. The molecule has 0 N–H and O–H groups in total. The van der Waals surface area contributed by atoms with Crippen molar-refractivity contribution in [1.29, 1.82) is 0 Å². The number of rotatable bonds is 2. The molecule has 0 aromatic rings. The van der Waals surface area contributed by atoms with E-state index in [1.807, 2.05) is 0 Å². The van der Waals surface area contributed by atoms with Crippen LogP contribution in [0.2, 0.25) is 39.3 Å². The summed E-state index contributed by atoms with van der Waals surface area (Å²) in [6.07, 6.45) is 0. The predicted octanol–water partition coefficient (Wildman–Crippen LogP) is 2.04. The molecule has 0 aliphatic heterocycles. The Morgan fingerprint density at radius 2 is 1.00 bits per heavy atom. The SMILES string of the molecule is C[Si](C)(C)[N]([Mg])[Si](C)(C)C. The Morgan fingerprint density at radius 1 is 0.800 bits per heavy atom. The summed E-state index contributed by atoms with van der Waals surface area (Å²) in [4.78, 5) is 0. The van der Waals surface area contributed by atoms with Gasteiger partial charge in [0.2, 0.25) is 0 Å². The van der Waals surface area contributed by atoms with Gasteiger partial charge < -0.3 is 2.55 Å². The molecule has 0 fully saturated rings. The first-order valence-corrected chi connectivity index (χ1v) is 11.3. The molecule has 0 saturated heterocycles. The smallest absolute Gasteiger partial charge is 0.327 e. The normalized spacial score (nSPS) is 14.2. The maximum atomic E-state index is 2.68. The van der Waals surface area contributed by atoms with Crippen LogP contribution in [0.5, 0.6) is 0 Å². The third-order valence-corrected chi connectivity index (χ3v) is 14.6. The lowest BCUT2D eigenvalue weighted by Gasteiger charge is -2.44. The summed E-state index contributed by atoms with van der Waals surface area (Å²) in [6, 6.07) is 0. The van der Waals surface area contributed by atoms with E-state index in [1.165, 1.54) is 0 Å². The van der Waals surface area contributed by atoms with Gasteiger partial charge in [-0.3, -0.25) is 0 Å². The van der Waals surface area contributed by atoms with Gasteiger partial charge in [-0.2, -0.15) is 0 Å². The highest BCUT2D eigenvalue weighted by molar-refractivity contribution is 6.94. The predicted molar refractivity (Wildman–Crippen MR) is 54.3 cm³/mol. The zero-order valence-corrected chi connectivity index (χ0v) is 11.6. The fourth-order valence-electron chi connectivity index (χ4n) is 1.01. The van der Waals surface area contributed by atoms with Crippen molar-refractivity contribution in [3.63, 3.8) is 0 Å². The van der Waals surface area contributed by atoms with Crippen LogP contribution in [0.3, 0.4) is 0 Å². The molecule has 10 heavy (non-hydrogen) atoms. The molecule has 1 nitrogen and oxygen atoms in total. The maximum absolute atomic E-state index is 2.68. The molecule has 0 heterocycles. The van der Waals surface area contributed by atoms with E-state index in [4.69, 9.17) is 0 Å². The van der Waals surface area contributed by atoms with Gasteiger partial charge in [0.1, 0.15) is 0 Å². The van der Waals surface area contributed by atoms with Gasteiger partial charge in [0, 0.05) is 0 Å². The van der Waals surface area contributed by atoms with Crippen molar-refractivity contribution in [2.45, 2.75) is 39.3 Å². The van der Waals surface area contributed by atoms with E-state index in [0.29, 0.717) is 0 Å². The summed E-state index contributed by atoms with van der Waals surface area (Å²) in [5, 5.41) is 0. The highest BCUT2D eigenvalue weighted by Crippen LogP contribution is 2.15. The molecule has 0 unspecified atom stereocenters. The Hall–Kier alpha value is 1.16. The Morgan fingerprint density at radius 3 is 1.00 bits per heavy atom. The molecule has 0 atom stereocenters. The van der Waals surface area contributed by atoms with Gasteiger partial charge in [-0.05, 0) is 0 Å². The van der Waals surface area contributed by atoms with Crippen molar-refractivity contribution in [1.82, 2.24) is 2.55 Å². The average Bonchev–Trinajstić information content (AvgIpc) is 1.59. The Balaban J connectivity index is 4.23. The lowest BCUT2D eigenvalue weighted by molar-refractivity contribution is 0.974. The quantitative estimate of drug-likeness (QED) is 0.594. The van der Waals surface area contributed by atoms with Crippen LogP contribution in [-0.4, -0.2) is 41.0 Å². The minimum absolute atomic E-state index is 0.989. The molecule has 0 aromatic carbocycles. The van der Waals surface area contributed by atoms with Crippen molar-refractivity contribution in [2.24, 2.45) is 0 Å². The van der Waals surface area contributed by atoms with Crippen LogP contribution in [0.25, 0.3) is 0 Å². The highest BCUT2D eigenvalue weighted by atomic mass is 28.4. The monoisotopic (exact) mass is 184 g/mol. The van der Waals surface area contributed by atoms with E-state index in [2.05, 4.69) is 63.8 Å². The summed E-state index contributed by atoms with van der Waals surface area (Å²) in [6.45, 7) is 14.5. The van der Waals surface area contributed by atoms with Gasteiger partial charge >= 0.3 is 22.0 Å². The molecule has 0 saturated carbocycles. The van der Waals surface area contributed by atoms with Crippen LogP contribution in [0.4, 0.5) is 0 Å². The summed E-state index contributed by atoms with van der Waals surface area (Å²) < 4.78 is 2.68. The highest BCUT2D eigenvalue weighted by Gasteiger charge is 2.27. The van der Waals surface area contributed by atoms with Crippen LogP contribution in [-0.2, 0) is 0 Å². The van der Waals surface area contributed by atoms with E-state index < -0.39 is 16.5 Å². The zero-order chi connectivity index (χ0) is 8.58. The van der Waals surface area contributed by atoms with Crippen LogP contribution in [0.15, 0.2) is 0 Å². The van der Waals surface area contributed by atoms with E-state index >= 15 is 0 Å². The molecule has 0 amide bonds. The fraction of sp³-hybridized carbons (Fsp3) is 1.00. The van der Waals surface area contributed by atoms with E-state index in [9.17, 15) is 0 Å². The number of hydrogen-bond donors (Lipinski definition) is 0. The third-order valence-electron chi connectivity index (χ3n) is 1.62. The van der Waals surface area contributed by atoms with Crippen molar-refractivity contribution in [3.05, 3.63) is 0 Å². The van der Waals surface area contributed by atoms with Crippen LogP contribution >= 0.6 is 0 Å². The minimum atomic E-state index is -0.989. The number of hydrogen-bond acceptors (Lipinski definition) is 1. The molecular weight excluding hydrogens is 167 g/mol. The lowest BCUT2D eigenvalue weighted by atomic mass is 11.8. The largest absolute Gasteiger partial charge is 0.509 e. The fourth-order valence-corrected chi connectivity index (χ4v) is 9.06. The van der Waals surface area contributed by atoms with Gasteiger partial charge in [0.15, 0.2) is 0 Å². The van der Waals surface area contributed by atoms with Gasteiger partial charge in [-0.1, -0.05) is 39.3 Å². The van der Waals surface area contributed by atoms with Crippen molar-refractivity contribution < 1.29 is 0 Å². The molecule has 0 aromatic heterocycles. The van der Waals surface area contributed by atoms with E-state index in [1.54, 1.807) is 0 Å². The second-order valence-corrected chi connectivity index (χ2v) is 16.9. The van der Waals surface area contributed by atoms with Gasteiger partial charge in [-0.25, -0.2) is 0 Å². The zero-order valence-electron chi connectivity index (χ0n) is 8.15. The van der Waals surface area contributed by atoms with Crippen LogP contribution < -0.4 is 0 Å². The second-order valence-electron chi connectivity index (χ2n) is 4.77. The van der Waals surface area contributed by atoms with Crippen LogP contribution in [0.1, 0.15) is 0 Å².